The maximum absolute atomic E-state index is 9.92. The predicted octanol–water partition coefficient (Wildman–Crippen LogP) is 14.2. The van der Waals surface area contributed by atoms with Crippen molar-refractivity contribution in [1.29, 1.82) is 0 Å². The third-order valence-corrected chi connectivity index (χ3v) is 8.99. The van der Waals surface area contributed by atoms with Crippen molar-refractivity contribution in [3.8, 4) is 55.6 Å². The maximum atomic E-state index is 9.92. The fourth-order valence-electron chi connectivity index (χ4n) is 6.87. The third kappa shape index (κ3) is 4.94. The highest BCUT2D eigenvalue weighted by atomic mass is 16.3. The molecule has 51 heavy (non-hydrogen) atoms. The summed E-state index contributed by atoms with van der Waals surface area (Å²) in [4.78, 5) is 0. The van der Waals surface area contributed by atoms with Crippen molar-refractivity contribution < 1.29 is 29.1 Å². The van der Waals surface area contributed by atoms with E-state index < -0.39 is 119 Å². The summed E-state index contributed by atoms with van der Waals surface area (Å²) in [6, 6.07) is 13.4. The van der Waals surface area contributed by atoms with Crippen LogP contribution in [0.5, 0.6) is 0 Å². The summed E-state index contributed by atoms with van der Waals surface area (Å²) in [6.45, 7) is 0. The molecule has 1 aromatic heterocycles. The van der Waals surface area contributed by atoms with Crippen LogP contribution in [0.1, 0.15) is 24.7 Å². The Morgan fingerprint density at radius 2 is 0.843 bits per heavy atom. The zero-order chi connectivity index (χ0) is 49.4. The molecule has 10 rings (SSSR count). The SMILES string of the molecule is [2H]c1c([2H])c([2H])c(-c2ccc3c(c2)oc2cccc(-c4c5ccccc5c(-c5c([2H])c(-c6c([2H])c([2H])c([2H])c([2H])c6[2H])c([2H])c(-c6c([2H])c([2H])c([2H])c([2H])c6[2H])c5[2H])c5ccccc45)c23)c([2H])c1[2H]. The lowest BCUT2D eigenvalue weighted by atomic mass is 9.83. The molecule has 0 radical (unpaired) electrons. The molecule has 10 aromatic rings. The first-order valence-electron chi connectivity index (χ1n) is 25.0. The summed E-state index contributed by atoms with van der Waals surface area (Å²) in [6.07, 6.45) is 0. The minimum absolute atomic E-state index is 0.0154. The molecule has 0 spiro atoms. The fourth-order valence-corrected chi connectivity index (χ4v) is 6.87. The zero-order valence-corrected chi connectivity index (χ0v) is 26.5. The van der Waals surface area contributed by atoms with Crippen LogP contribution in [0.15, 0.2) is 198 Å². The molecule has 0 N–H and O–H groups in total. The molecule has 1 nitrogen and oxygen atoms in total. The largest absolute Gasteiger partial charge is 0.456 e. The molecule has 238 valence electrons. The highest BCUT2D eigenvalue weighted by Gasteiger charge is 2.21. The maximum Gasteiger partial charge on any atom is 0.136 e. The molecular weight excluding hydrogens is 617 g/mol. The standard InChI is InChI=1S/C50H32O/c1-4-15-33(16-5-1)36-27-28-44-47(32-36)51-46-26-14-25-45(50(44)46)49-42-23-12-10-21-40(42)48(41-22-11-13-24-43(41)49)39-30-37(34-17-6-2-7-18-34)29-38(31-39)35-19-8-3-9-20-35/h1-32H/i1D,2D,3D,4D,5D,6D,7D,8D,9D,15D,16D,17D,18D,19D,20D,29D,30D,31D. The van der Waals surface area contributed by atoms with E-state index in [4.69, 9.17) is 25.0 Å². The molecule has 0 bridgehead atoms. The topological polar surface area (TPSA) is 13.1 Å². The Morgan fingerprint density at radius 1 is 0.353 bits per heavy atom. The van der Waals surface area contributed by atoms with Crippen LogP contribution in [-0.4, -0.2) is 0 Å². The van der Waals surface area contributed by atoms with Gasteiger partial charge in [0.05, 0.1) is 24.7 Å². The van der Waals surface area contributed by atoms with Crippen LogP contribution in [-0.2, 0) is 0 Å². The Kier molecular flexibility index (Phi) is 3.85. The molecule has 0 aliphatic rings. The van der Waals surface area contributed by atoms with Gasteiger partial charge < -0.3 is 4.42 Å². The van der Waals surface area contributed by atoms with Gasteiger partial charge in [-0.05, 0) is 114 Å². The van der Waals surface area contributed by atoms with E-state index in [0.29, 0.717) is 60.2 Å². The number of fused-ring (bicyclic) bond motifs is 5. The average Bonchev–Trinajstić information content (AvgIpc) is 3.73. The first-order valence-corrected chi connectivity index (χ1v) is 16.0. The van der Waals surface area contributed by atoms with Crippen LogP contribution in [0.25, 0.3) is 99.1 Å². The molecule has 0 saturated carbocycles. The van der Waals surface area contributed by atoms with Crippen molar-refractivity contribution in [1.82, 2.24) is 0 Å². The zero-order valence-electron chi connectivity index (χ0n) is 44.5. The van der Waals surface area contributed by atoms with Gasteiger partial charge >= 0.3 is 0 Å². The van der Waals surface area contributed by atoms with E-state index in [2.05, 4.69) is 0 Å². The molecule has 0 aliphatic heterocycles. The van der Waals surface area contributed by atoms with Gasteiger partial charge in [0.1, 0.15) is 11.2 Å². The van der Waals surface area contributed by atoms with Crippen molar-refractivity contribution in [2.24, 2.45) is 0 Å². The number of hydrogen-bond donors (Lipinski definition) is 0. The van der Waals surface area contributed by atoms with Crippen molar-refractivity contribution in [2.75, 3.05) is 0 Å². The molecule has 0 saturated heterocycles. The lowest BCUT2D eigenvalue weighted by Crippen LogP contribution is -1.92. The number of rotatable bonds is 5. The van der Waals surface area contributed by atoms with E-state index in [1.807, 2.05) is 24.3 Å². The monoisotopic (exact) mass is 666 g/mol. The summed E-state index contributed by atoms with van der Waals surface area (Å²) >= 11 is 0. The van der Waals surface area contributed by atoms with Gasteiger partial charge in [0.15, 0.2) is 0 Å². The molecule has 1 heterocycles. The second-order valence-corrected chi connectivity index (χ2v) is 11.8. The molecule has 1 heteroatoms. The Labute approximate surface area is 322 Å². The molecular formula is C50H32O. The molecule has 0 atom stereocenters. The van der Waals surface area contributed by atoms with Crippen LogP contribution >= 0.6 is 0 Å². The van der Waals surface area contributed by atoms with E-state index in [1.54, 1.807) is 60.7 Å². The van der Waals surface area contributed by atoms with Crippen LogP contribution in [0.3, 0.4) is 0 Å². The number of hydrogen-bond acceptors (Lipinski definition) is 1. The third-order valence-electron chi connectivity index (χ3n) is 8.99. The first kappa shape index (κ1) is 16.3. The van der Waals surface area contributed by atoms with Gasteiger partial charge in [0.2, 0.25) is 0 Å². The lowest BCUT2D eigenvalue weighted by molar-refractivity contribution is 0.669. The molecule has 9 aromatic carbocycles. The summed E-state index contributed by atoms with van der Waals surface area (Å²) in [7, 11) is 0. The Hall–Kier alpha value is -6.70. The quantitative estimate of drug-likeness (QED) is 0.167. The summed E-state index contributed by atoms with van der Waals surface area (Å²) < 4.78 is 164. The molecule has 0 aliphatic carbocycles. The van der Waals surface area contributed by atoms with Crippen molar-refractivity contribution in [2.45, 2.75) is 0 Å². The number of furan rings is 1. The minimum atomic E-state index is -0.753. The van der Waals surface area contributed by atoms with Gasteiger partial charge in [-0.1, -0.05) is 157 Å². The Morgan fingerprint density at radius 3 is 1.39 bits per heavy atom. The molecule has 0 fully saturated rings. The molecule has 0 amide bonds. The Bertz CT molecular complexity index is 3710. The van der Waals surface area contributed by atoms with E-state index in [-0.39, 0.29) is 28.8 Å². The molecule has 0 unspecified atom stereocenters. The minimum Gasteiger partial charge on any atom is -0.456 e. The van der Waals surface area contributed by atoms with Gasteiger partial charge in [-0.15, -0.1) is 0 Å². The number of benzene rings is 9. The summed E-state index contributed by atoms with van der Waals surface area (Å²) in [5, 5.41) is 3.47. The van der Waals surface area contributed by atoms with Gasteiger partial charge in [-0.3, -0.25) is 0 Å². The summed E-state index contributed by atoms with van der Waals surface area (Å²) in [5.74, 6) is 0. The first-order chi connectivity index (χ1) is 32.8. The second kappa shape index (κ2) is 12.0. The van der Waals surface area contributed by atoms with Crippen LogP contribution < -0.4 is 0 Å². The Balaban J connectivity index is 1.33. The van der Waals surface area contributed by atoms with E-state index in [9.17, 15) is 4.11 Å². The van der Waals surface area contributed by atoms with Gasteiger partial charge in [-0.25, -0.2) is 0 Å². The van der Waals surface area contributed by atoms with E-state index >= 15 is 0 Å². The predicted molar refractivity (Wildman–Crippen MR) is 216 cm³/mol. The van der Waals surface area contributed by atoms with Crippen LogP contribution in [0, 0.1) is 0 Å². The van der Waals surface area contributed by atoms with Crippen molar-refractivity contribution in [3.63, 3.8) is 0 Å². The highest BCUT2D eigenvalue weighted by molar-refractivity contribution is 6.25. The summed E-state index contributed by atoms with van der Waals surface area (Å²) in [5.41, 5.74) is 0.578. The lowest BCUT2D eigenvalue weighted by Gasteiger charge is -2.19. The average molecular weight is 667 g/mol. The van der Waals surface area contributed by atoms with Crippen LogP contribution in [0.2, 0.25) is 0 Å². The fraction of sp³-hybridized carbons (Fsp3) is 0. The van der Waals surface area contributed by atoms with E-state index in [0.717, 1.165) is 0 Å². The van der Waals surface area contributed by atoms with Gasteiger partial charge in [0.25, 0.3) is 0 Å². The van der Waals surface area contributed by atoms with E-state index in [1.165, 1.54) is 0 Å². The van der Waals surface area contributed by atoms with Gasteiger partial charge in [-0.2, -0.15) is 0 Å². The highest BCUT2D eigenvalue weighted by Crippen LogP contribution is 2.48. The normalized spacial score (nSPS) is 16.5. The smallest absolute Gasteiger partial charge is 0.136 e. The van der Waals surface area contributed by atoms with Crippen molar-refractivity contribution >= 4 is 43.5 Å². The van der Waals surface area contributed by atoms with Gasteiger partial charge in [0, 0.05) is 10.8 Å². The van der Waals surface area contributed by atoms with Crippen molar-refractivity contribution in [3.05, 3.63) is 194 Å². The second-order valence-electron chi connectivity index (χ2n) is 11.8. The van der Waals surface area contributed by atoms with Crippen LogP contribution in [0.4, 0.5) is 0 Å².